The van der Waals surface area contributed by atoms with E-state index in [1.54, 1.807) is 11.0 Å². The normalized spacial score (nSPS) is 14.2. The number of aliphatic carboxylic acids is 1. The van der Waals surface area contributed by atoms with Crippen LogP contribution in [-0.4, -0.2) is 40.7 Å². The Bertz CT molecular complexity index is 460. The van der Waals surface area contributed by atoms with Crippen molar-refractivity contribution >= 4 is 11.9 Å². The molecule has 0 atom stereocenters. The second kappa shape index (κ2) is 5.86. The molecule has 1 aromatic heterocycles. The summed E-state index contributed by atoms with van der Waals surface area (Å²) >= 11 is 0. The van der Waals surface area contributed by atoms with Crippen LogP contribution < -0.4 is 9.64 Å². The molecule has 0 saturated heterocycles. The molecule has 1 saturated carbocycles. The number of aryl methyl sites for hydroxylation is 1. The zero-order valence-corrected chi connectivity index (χ0v) is 11.3. The number of ether oxygens (including phenoxy) is 1. The SMILES string of the molecule is CCOc1cc(C)nc(N(CC(=O)O)CC2CC2)n1. The van der Waals surface area contributed by atoms with Crippen LogP contribution in [0.4, 0.5) is 5.95 Å². The van der Waals surface area contributed by atoms with Gasteiger partial charge in [0.25, 0.3) is 0 Å². The summed E-state index contributed by atoms with van der Waals surface area (Å²) < 4.78 is 5.38. The standard InChI is InChI=1S/C13H19N3O3/c1-3-19-11-6-9(2)14-13(15-11)16(8-12(17)18)7-10-4-5-10/h6,10H,3-5,7-8H2,1-2H3,(H,17,18). The van der Waals surface area contributed by atoms with E-state index in [1.165, 1.54) is 0 Å². The Hall–Kier alpha value is -1.85. The first-order valence-corrected chi connectivity index (χ1v) is 6.53. The molecule has 0 unspecified atom stereocenters. The van der Waals surface area contributed by atoms with Gasteiger partial charge < -0.3 is 14.7 Å². The van der Waals surface area contributed by atoms with Gasteiger partial charge in [-0.2, -0.15) is 4.98 Å². The maximum Gasteiger partial charge on any atom is 0.323 e. The highest BCUT2D eigenvalue weighted by atomic mass is 16.5. The van der Waals surface area contributed by atoms with Crippen molar-refractivity contribution in [1.82, 2.24) is 9.97 Å². The molecule has 2 rings (SSSR count). The molecule has 1 aliphatic carbocycles. The average Bonchev–Trinajstić information content (AvgIpc) is 3.11. The number of hydrogen-bond acceptors (Lipinski definition) is 5. The summed E-state index contributed by atoms with van der Waals surface area (Å²) in [6.07, 6.45) is 2.31. The summed E-state index contributed by atoms with van der Waals surface area (Å²) in [5.74, 6) is 0.636. The van der Waals surface area contributed by atoms with Crippen LogP contribution in [0.5, 0.6) is 5.88 Å². The van der Waals surface area contributed by atoms with E-state index in [0.29, 0.717) is 30.9 Å². The van der Waals surface area contributed by atoms with E-state index >= 15 is 0 Å². The lowest BCUT2D eigenvalue weighted by Crippen LogP contribution is -2.33. The fourth-order valence-electron chi connectivity index (χ4n) is 1.88. The molecular formula is C13H19N3O3. The molecule has 0 bridgehead atoms. The fraction of sp³-hybridized carbons (Fsp3) is 0.615. The van der Waals surface area contributed by atoms with Gasteiger partial charge in [-0.25, -0.2) is 4.98 Å². The van der Waals surface area contributed by atoms with E-state index in [2.05, 4.69) is 9.97 Å². The number of aromatic nitrogens is 2. The number of carboxylic acids is 1. The Labute approximate surface area is 112 Å². The minimum Gasteiger partial charge on any atom is -0.480 e. The van der Waals surface area contributed by atoms with Crippen molar-refractivity contribution in [3.8, 4) is 5.88 Å². The van der Waals surface area contributed by atoms with Crippen molar-refractivity contribution in [3.63, 3.8) is 0 Å². The van der Waals surface area contributed by atoms with E-state index in [0.717, 1.165) is 18.5 Å². The lowest BCUT2D eigenvalue weighted by Gasteiger charge is -2.21. The van der Waals surface area contributed by atoms with Gasteiger partial charge in [0.15, 0.2) is 0 Å². The van der Waals surface area contributed by atoms with Crippen molar-refractivity contribution < 1.29 is 14.6 Å². The number of nitrogens with zero attached hydrogens (tertiary/aromatic N) is 3. The minimum absolute atomic E-state index is 0.0779. The molecule has 0 amide bonds. The Morgan fingerprint density at radius 1 is 1.53 bits per heavy atom. The van der Waals surface area contributed by atoms with E-state index in [9.17, 15) is 4.79 Å². The predicted octanol–water partition coefficient (Wildman–Crippen LogP) is 1.48. The van der Waals surface area contributed by atoms with Crippen LogP contribution in [0.15, 0.2) is 6.07 Å². The van der Waals surface area contributed by atoms with Crippen molar-refractivity contribution in [2.24, 2.45) is 5.92 Å². The van der Waals surface area contributed by atoms with Gasteiger partial charge in [-0.3, -0.25) is 4.79 Å². The zero-order valence-electron chi connectivity index (χ0n) is 11.3. The number of carboxylic acid groups (broad SMARTS) is 1. The number of carbonyl (C=O) groups is 1. The fourth-order valence-corrected chi connectivity index (χ4v) is 1.88. The molecule has 1 aromatic rings. The first kappa shape index (κ1) is 13.6. The highest BCUT2D eigenvalue weighted by molar-refractivity contribution is 5.72. The molecular weight excluding hydrogens is 246 g/mol. The van der Waals surface area contributed by atoms with Crippen LogP contribution in [0.2, 0.25) is 0 Å². The van der Waals surface area contributed by atoms with Crippen molar-refractivity contribution in [3.05, 3.63) is 11.8 Å². The smallest absolute Gasteiger partial charge is 0.323 e. The molecule has 1 N–H and O–H groups in total. The van der Waals surface area contributed by atoms with Gasteiger partial charge in [0.1, 0.15) is 6.54 Å². The van der Waals surface area contributed by atoms with Crippen molar-refractivity contribution in [1.29, 1.82) is 0 Å². The summed E-state index contributed by atoms with van der Waals surface area (Å²) in [5.41, 5.74) is 0.777. The summed E-state index contributed by atoms with van der Waals surface area (Å²) in [5, 5.41) is 8.99. The van der Waals surface area contributed by atoms with Crippen LogP contribution in [0.3, 0.4) is 0 Å². The minimum atomic E-state index is -0.872. The molecule has 0 radical (unpaired) electrons. The monoisotopic (exact) mass is 265 g/mol. The Morgan fingerprint density at radius 2 is 2.26 bits per heavy atom. The summed E-state index contributed by atoms with van der Waals surface area (Å²) in [6.45, 7) is 4.88. The largest absolute Gasteiger partial charge is 0.480 e. The Balaban J connectivity index is 2.20. The molecule has 0 aliphatic heterocycles. The van der Waals surface area contributed by atoms with Crippen LogP contribution in [-0.2, 0) is 4.79 Å². The van der Waals surface area contributed by atoms with Crippen LogP contribution in [0, 0.1) is 12.8 Å². The van der Waals surface area contributed by atoms with Gasteiger partial charge >= 0.3 is 5.97 Å². The molecule has 6 nitrogen and oxygen atoms in total. The van der Waals surface area contributed by atoms with Crippen molar-refractivity contribution in [2.75, 3.05) is 24.6 Å². The highest BCUT2D eigenvalue weighted by Gasteiger charge is 2.27. The summed E-state index contributed by atoms with van der Waals surface area (Å²) in [7, 11) is 0. The lowest BCUT2D eigenvalue weighted by atomic mass is 10.3. The Kier molecular flexibility index (Phi) is 4.19. The summed E-state index contributed by atoms with van der Waals surface area (Å²) in [6, 6.07) is 1.75. The van der Waals surface area contributed by atoms with Gasteiger partial charge in [-0.05, 0) is 32.6 Å². The van der Waals surface area contributed by atoms with Crippen molar-refractivity contribution in [2.45, 2.75) is 26.7 Å². The molecule has 104 valence electrons. The second-order valence-electron chi connectivity index (χ2n) is 4.80. The molecule has 1 fully saturated rings. The molecule has 0 aromatic carbocycles. The predicted molar refractivity (Wildman–Crippen MR) is 70.5 cm³/mol. The number of hydrogen-bond donors (Lipinski definition) is 1. The van der Waals surface area contributed by atoms with Crippen LogP contribution >= 0.6 is 0 Å². The number of rotatable bonds is 7. The average molecular weight is 265 g/mol. The van der Waals surface area contributed by atoms with E-state index in [-0.39, 0.29) is 6.54 Å². The van der Waals surface area contributed by atoms with E-state index in [4.69, 9.17) is 9.84 Å². The van der Waals surface area contributed by atoms with E-state index in [1.807, 2.05) is 13.8 Å². The van der Waals surface area contributed by atoms with Crippen LogP contribution in [0.1, 0.15) is 25.5 Å². The molecule has 19 heavy (non-hydrogen) atoms. The van der Waals surface area contributed by atoms with E-state index < -0.39 is 5.97 Å². The second-order valence-corrected chi connectivity index (χ2v) is 4.80. The Morgan fingerprint density at radius 3 is 2.84 bits per heavy atom. The maximum atomic E-state index is 11.0. The third-order valence-corrected chi connectivity index (χ3v) is 2.90. The quantitative estimate of drug-likeness (QED) is 0.805. The molecule has 1 aliphatic rings. The molecule has 1 heterocycles. The maximum absolute atomic E-state index is 11.0. The first-order valence-electron chi connectivity index (χ1n) is 6.53. The first-order chi connectivity index (χ1) is 9.08. The molecule has 0 spiro atoms. The van der Waals surface area contributed by atoms with Gasteiger partial charge in [0.05, 0.1) is 6.61 Å². The molecule has 6 heteroatoms. The topological polar surface area (TPSA) is 75.5 Å². The third kappa shape index (κ3) is 4.08. The number of anilines is 1. The lowest BCUT2D eigenvalue weighted by molar-refractivity contribution is -0.135. The van der Waals surface area contributed by atoms with Crippen LogP contribution in [0.25, 0.3) is 0 Å². The van der Waals surface area contributed by atoms with Gasteiger partial charge in [0.2, 0.25) is 11.8 Å². The van der Waals surface area contributed by atoms with Gasteiger partial charge in [0, 0.05) is 18.3 Å². The van der Waals surface area contributed by atoms with Gasteiger partial charge in [-0.1, -0.05) is 0 Å². The van der Waals surface area contributed by atoms with Gasteiger partial charge in [-0.15, -0.1) is 0 Å². The third-order valence-electron chi connectivity index (χ3n) is 2.90. The summed E-state index contributed by atoms with van der Waals surface area (Å²) in [4.78, 5) is 21.3. The zero-order chi connectivity index (χ0) is 13.8. The highest BCUT2D eigenvalue weighted by Crippen LogP contribution is 2.31.